The number of rotatable bonds is 3. The lowest BCUT2D eigenvalue weighted by molar-refractivity contribution is 0.0735. The van der Waals surface area contributed by atoms with Crippen molar-refractivity contribution in [3.05, 3.63) is 35.7 Å². The molecule has 1 amide bonds. The van der Waals surface area contributed by atoms with Gasteiger partial charge in [0.2, 0.25) is 0 Å². The van der Waals surface area contributed by atoms with Gasteiger partial charge in [-0.15, -0.1) is 0 Å². The van der Waals surface area contributed by atoms with Gasteiger partial charge in [-0.1, -0.05) is 5.16 Å². The highest BCUT2D eigenvalue weighted by molar-refractivity contribution is 5.93. The van der Waals surface area contributed by atoms with Gasteiger partial charge < -0.3 is 14.5 Å². The fourth-order valence-corrected chi connectivity index (χ4v) is 2.54. The molecule has 1 aromatic carbocycles. The smallest absolute Gasteiger partial charge is 0.278 e. The number of piperazine rings is 1. The summed E-state index contributed by atoms with van der Waals surface area (Å²) in [7, 11) is 1.65. The first-order chi connectivity index (χ1) is 10.7. The van der Waals surface area contributed by atoms with Gasteiger partial charge in [-0.25, -0.2) is 4.63 Å². The number of benzene rings is 1. The molecule has 1 saturated heterocycles. The molecule has 1 aromatic heterocycles. The van der Waals surface area contributed by atoms with Crippen molar-refractivity contribution in [3.63, 3.8) is 0 Å². The lowest BCUT2D eigenvalue weighted by Crippen LogP contribution is -2.49. The average molecular weight is 302 g/mol. The molecule has 1 aliphatic heterocycles. The van der Waals surface area contributed by atoms with Crippen molar-refractivity contribution in [2.75, 3.05) is 38.2 Å². The topological polar surface area (TPSA) is 71.7 Å². The van der Waals surface area contributed by atoms with Gasteiger partial charge in [0.1, 0.15) is 11.4 Å². The largest absolute Gasteiger partial charge is 0.497 e. The second-order valence-electron chi connectivity index (χ2n) is 5.18. The van der Waals surface area contributed by atoms with E-state index in [1.54, 1.807) is 18.9 Å². The molecule has 7 heteroatoms. The number of anilines is 1. The normalized spacial score (nSPS) is 15.0. The van der Waals surface area contributed by atoms with Crippen LogP contribution >= 0.6 is 0 Å². The van der Waals surface area contributed by atoms with Crippen molar-refractivity contribution in [1.29, 1.82) is 0 Å². The summed E-state index contributed by atoms with van der Waals surface area (Å²) in [6.45, 7) is 4.58. The van der Waals surface area contributed by atoms with Crippen LogP contribution in [0.15, 0.2) is 28.9 Å². The molecule has 0 radical (unpaired) electrons. The van der Waals surface area contributed by atoms with Crippen LogP contribution in [-0.2, 0) is 0 Å². The van der Waals surface area contributed by atoms with E-state index in [0.29, 0.717) is 24.5 Å². The highest BCUT2D eigenvalue weighted by atomic mass is 16.6. The Bertz CT molecular complexity index is 645. The van der Waals surface area contributed by atoms with Crippen molar-refractivity contribution in [2.45, 2.75) is 6.92 Å². The van der Waals surface area contributed by atoms with E-state index in [1.165, 1.54) is 0 Å². The maximum Gasteiger partial charge on any atom is 0.278 e. The minimum absolute atomic E-state index is 0.117. The Morgan fingerprint density at radius 1 is 1.14 bits per heavy atom. The molecule has 2 aromatic rings. The van der Waals surface area contributed by atoms with Crippen LogP contribution in [-0.4, -0.2) is 54.4 Å². The van der Waals surface area contributed by atoms with Gasteiger partial charge in [-0.3, -0.25) is 4.79 Å². The summed E-state index contributed by atoms with van der Waals surface area (Å²) in [4.78, 5) is 16.4. The standard InChI is InChI=1S/C15H18N4O3/c1-11-14(17-22-16-11)15(20)19-9-7-18(8-10-19)12-3-5-13(21-2)6-4-12/h3-6H,7-10H2,1-2H3. The van der Waals surface area contributed by atoms with E-state index in [1.807, 2.05) is 24.3 Å². The van der Waals surface area contributed by atoms with E-state index >= 15 is 0 Å². The van der Waals surface area contributed by atoms with Crippen molar-refractivity contribution < 1.29 is 14.2 Å². The molecular formula is C15H18N4O3. The molecule has 0 N–H and O–H groups in total. The summed E-state index contributed by atoms with van der Waals surface area (Å²) in [6, 6.07) is 7.94. The summed E-state index contributed by atoms with van der Waals surface area (Å²) in [5, 5.41) is 7.34. The van der Waals surface area contributed by atoms with Crippen LogP contribution in [0.5, 0.6) is 5.75 Å². The monoisotopic (exact) mass is 302 g/mol. The Labute approximate surface area is 128 Å². The number of methoxy groups -OCH3 is 1. The van der Waals surface area contributed by atoms with Crippen LogP contribution in [0.1, 0.15) is 16.2 Å². The molecule has 1 fully saturated rings. The van der Waals surface area contributed by atoms with Crippen molar-refractivity contribution in [2.24, 2.45) is 0 Å². The number of hydrogen-bond acceptors (Lipinski definition) is 6. The van der Waals surface area contributed by atoms with E-state index in [4.69, 9.17) is 4.74 Å². The van der Waals surface area contributed by atoms with Gasteiger partial charge in [0.05, 0.1) is 7.11 Å². The van der Waals surface area contributed by atoms with Gasteiger partial charge in [-0.05, 0) is 36.3 Å². The SMILES string of the molecule is COc1ccc(N2CCN(C(=O)c3nonc3C)CC2)cc1. The average Bonchev–Trinajstić information content (AvgIpc) is 3.00. The number of carbonyl (C=O) groups is 1. The number of hydrogen-bond donors (Lipinski definition) is 0. The first-order valence-corrected chi connectivity index (χ1v) is 7.16. The molecule has 0 spiro atoms. The number of aromatic nitrogens is 2. The first kappa shape index (κ1) is 14.4. The zero-order valence-corrected chi connectivity index (χ0v) is 12.7. The maximum absolute atomic E-state index is 12.3. The number of carbonyl (C=O) groups excluding carboxylic acids is 1. The predicted molar refractivity (Wildman–Crippen MR) is 80.1 cm³/mol. The molecule has 0 atom stereocenters. The summed E-state index contributed by atoms with van der Waals surface area (Å²) in [6.07, 6.45) is 0. The Hall–Kier alpha value is -2.57. The van der Waals surface area contributed by atoms with Gasteiger partial charge >= 0.3 is 0 Å². The van der Waals surface area contributed by atoms with Gasteiger partial charge in [0.25, 0.3) is 5.91 Å². The van der Waals surface area contributed by atoms with Crippen LogP contribution in [0, 0.1) is 6.92 Å². The summed E-state index contributed by atoms with van der Waals surface area (Å²) in [5.41, 5.74) is 1.97. The lowest BCUT2D eigenvalue weighted by Gasteiger charge is -2.35. The molecule has 7 nitrogen and oxygen atoms in total. The summed E-state index contributed by atoms with van der Waals surface area (Å²) >= 11 is 0. The fourth-order valence-electron chi connectivity index (χ4n) is 2.54. The van der Waals surface area contributed by atoms with Crippen LogP contribution in [0.2, 0.25) is 0 Å². The van der Waals surface area contributed by atoms with Crippen LogP contribution in [0.25, 0.3) is 0 Å². The molecule has 0 saturated carbocycles. The molecule has 22 heavy (non-hydrogen) atoms. The van der Waals surface area contributed by atoms with Crippen molar-refractivity contribution >= 4 is 11.6 Å². The van der Waals surface area contributed by atoms with Crippen molar-refractivity contribution in [1.82, 2.24) is 15.2 Å². The Kier molecular flexibility index (Phi) is 3.95. The fraction of sp³-hybridized carbons (Fsp3) is 0.400. The minimum atomic E-state index is -0.117. The summed E-state index contributed by atoms with van der Waals surface area (Å²) in [5.74, 6) is 0.722. The van der Waals surface area contributed by atoms with Crippen LogP contribution in [0.3, 0.4) is 0 Å². The van der Waals surface area contributed by atoms with Crippen LogP contribution < -0.4 is 9.64 Å². The third kappa shape index (κ3) is 2.74. The van der Waals surface area contributed by atoms with E-state index in [2.05, 4.69) is 19.8 Å². The quantitative estimate of drug-likeness (QED) is 0.852. The van der Waals surface area contributed by atoms with Crippen molar-refractivity contribution in [3.8, 4) is 5.75 Å². The zero-order chi connectivity index (χ0) is 15.5. The van der Waals surface area contributed by atoms with E-state index in [9.17, 15) is 4.79 Å². The maximum atomic E-state index is 12.3. The lowest BCUT2D eigenvalue weighted by atomic mass is 10.2. The van der Waals surface area contributed by atoms with Gasteiger partial charge in [0, 0.05) is 31.9 Å². The molecule has 0 bridgehead atoms. The molecule has 1 aliphatic rings. The molecule has 0 aliphatic carbocycles. The molecule has 3 rings (SSSR count). The van der Waals surface area contributed by atoms with Crippen LogP contribution in [0.4, 0.5) is 5.69 Å². The molecular weight excluding hydrogens is 284 g/mol. The molecule has 0 unspecified atom stereocenters. The number of aryl methyl sites for hydroxylation is 1. The van der Waals surface area contributed by atoms with E-state index in [-0.39, 0.29) is 5.91 Å². The first-order valence-electron chi connectivity index (χ1n) is 7.16. The third-order valence-corrected chi connectivity index (χ3v) is 3.86. The molecule has 2 heterocycles. The Balaban J connectivity index is 1.62. The predicted octanol–water partition coefficient (Wildman–Crippen LogP) is 1.35. The highest BCUT2D eigenvalue weighted by Crippen LogP contribution is 2.21. The molecule has 116 valence electrons. The number of nitrogens with zero attached hydrogens (tertiary/aromatic N) is 4. The summed E-state index contributed by atoms with van der Waals surface area (Å²) < 4.78 is 9.76. The second kappa shape index (κ2) is 6.05. The zero-order valence-electron chi connectivity index (χ0n) is 12.7. The number of amides is 1. The second-order valence-corrected chi connectivity index (χ2v) is 5.18. The highest BCUT2D eigenvalue weighted by Gasteiger charge is 2.26. The Morgan fingerprint density at radius 2 is 1.82 bits per heavy atom. The van der Waals surface area contributed by atoms with Gasteiger partial charge in [0.15, 0.2) is 5.69 Å². The van der Waals surface area contributed by atoms with E-state index < -0.39 is 0 Å². The minimum Gasteiger partial charge on any atom is -0.497 e. The third-order valence-electron chi connectivity index (χ3n) is 3.86. The number of ether oxygens (including phenoxy) is 1. The Morgan fingerprint density at radius 3 is 2.36 bits per heavy atom. The van der Waals surface area contributed by atoms with E-state index in [0.717, 1.165) is 24.5 Å². The van der Waals surface area contributed by atoms with Gasteiger partial charge in [-0.2, -0.15) is 0 Å².